The Morgan fingerprint density at radius 3 is 2.72 bits per heavy atom. The zero-order valence-corrected chi connectivity index (χ0v) is 11.3. The van der Waals surface area contributed by atoms with Crippen molar-refractivity contribution < 1.29 is 9.90 Å². The molecule has 0 aromatic carbocycles. The molecule has 2 aromatic rings. The fourth-order valence-electron chi connectivity index (χ4n) is 1.74. The molecule has 7 heteroatoms. The van der Waals surface area contributed by atoms with Crippen LogP contribution in [0.2, 0.25) is 0 Å². The number of aliphatic carboxylic acids is 1. The Morgan fingerprint density at radius 2 is 2.17 bits per heavy atom. The Morgan fingerprint density at radius 1 is 1.44 bits per heavy atom. The average molecular weight is 266 g/mol. The first-order valence-electron chi connectivity index (χ1n) is 5.62. The maximum absolute atomic E-state index is 10.8. The zero-order valence-electron chi connectivity index (χ0n) is 10.5. The van der Waals surface area contributed by atoms with Gasteiger partial charge in [0.1, 0.15) is 5.82 Å². The van der Waals surface area contributed by atoms with E-state index in [2.05, 4.69) is 14.5 Å². The molecular formula is C11H14N4O2S. The normalized spacial score (nSPS) is 10.8. The van der Waals surface area contributed by atoms with E-state index in [-0.39, 0.29) is 6.42 Å². The van der Waals surface area contributed by atoms with Crippen molar-refractivity contribution in [2.45, 2.75) is 33.6 Å². The lowest BCUT2D eigenvalue weighted by atomic mass is 10.1. The van der Waals surface area contributed by atoms with Gasteiger partial charge in [-0.15, -0.1) is 0 Å². The lowest BCUT2D eigenvalue weighted by Crippen LogP contribution is -2.03. The van der Waals surface area contributed by atoms with Gasteiger partial charge in [0, 0.05) is 29.2 Å². The number of hydrogen-bond acceptors (Lipinski definition) is 5. The van der Waals surface area contributed by atoms with E-state index in [0.717, 1.165) is 29.2 Å². The number of carboxylic acids is 1. The van der Waals surface area contributed by atoms with Gasteiger partial charge in [-0.2, -0.15) is 9.47 Å². The highest BCUT2D eigenvalue weighted by molar-refractivity contribution is 7.08. The summed E-state index contributed by atoms with van der Waals surface area (Å²) >= 11 is 1.27. The number of carboxylic acid groups (broad SMARTS) is 1. The Balaban J connectivity index is 2.43. The van der Waals surface area contributed by atoms with Crippen LogP contribution in [0.15, 0.2) is 0 Å². The summed E-state index contributed by atoms with van der Waals surface area (Å²) in [5.74, 6) is -0.0744. The monoisotopic (exact) mass is 266 g/mol. The summed E-state index contributed by atoms with van der Waals surface area (Å²) in [4.78, 5) is 15.2. The fraction of sp³-hybridized carbons (Fsp3) is 0.455. The molecule has 0 radical (unpaired) electrons. The second kappa shape index (κ2) is 4.85. The fourth-order valence-corrected chi connectivity index (χ4v) is 2.50. The van der Waals surface area contributed by atoms with Gasteiger partial charge in [0.15, 0.2) is 0 Å². The van der Waals surface area contributed by atoms with Gasteiger partial charge in [-0.05, 0) is 13.8 Å². The van der Waals surface area contributed by atoms with Crippen molar-refractivity contribution >= 4 is 17.5 Å². The molecular weight excluding hydrogens is 252 g/mol. The van der Waals surface area contributed by atoms with E-state index in [9.17, 15) is 4.79 Å². The van der Waals surface area contributed by atoms with Crippen LogP contribution < -0.4 is 0 Å². The minimum absolute atomic E-state index is 0.0168. The van der Waals surface area contributed by atoms with Crippen LogP contribution in [0.5, 0.6) is 0 Å². The number of hydrogen-bond donors (Lipinski definition) is 1. The summed E-state index contributed by atoms with van der Waals surface area (Å²) in [6.45, 7) is 5.65. The third-order valence-corrected chi connectivity index (χ3v) is 3.45. The molecule has 6 nitrogen and oxygen atoms in total. The first-order valence-corrected chi connectivity index (χ1v) is 6.40. The first kappa shape index (κ1) is 12.7. The highest BCUT2D eigenvalue weighted by atomic mass is 32.1. The molecule has 0 unspecified atom stereocenters. The molecule has 0 aliphatic rings. The van der Waals surface area contributed by atoms with Gasteiger partial charge in [-0.1, -0.05) is 6.92 Å². The van der Waals surface area contributed by atoms with Crippen molar-refractivity contribution in [2.24, 2.45) is 0 Å². The molecule has 2 rings (SSSR count). The molecule has 0 aliphatic carbocycles. The maximum Gasteiger partial charge on any atom is 0.307 e. The molecule has 2 aromatic heterocycles. The van der Waals surface area contributed by atoms with Crippen molar-refractivity contribution in [1.82, 2.24) is 19.1 Å². The number of carbonyl (C=O) groups is 1. The molecule has 0 aliphatic heterocycles. The van der Waals surface area contributed by atoms with Crippen LogP contribution in [0.1, 0.15) is 29.7 Å². The Kier molecular flexibility index (Phi) is 3.42. The molecule has 0 bridgehead atoms. The quantitative estimate of drug-likeness (QED) is 0.907. The summed E-state index contributed by atoms with van der Waals surface area (Å²) in [5, 5.41) is 13.9. The number of rotatable bonds is 4. The molecule has 0 spiro atoms. The topological polar surface area (TPSA) is 80.9 Å². The van der Waals surface area contributed by atoms with E-state index in [1.54, 1.807) is 4.68 Å². The van der Waals surface area contributed by atoms with Crippen molar-refractivity contribution in [3.63, 3.8) is 0 Å². The van der Waals surface area contributed by atoms with E-state index in [1.165, 1.54) is 11.5 Å². The Hall–Kier alpha value is -1.76. The zero-order chi connectivity index (χ0) is 13.3. The van der Waals surface area contributed by atoms with Crippen LogP contribution in [-0.4, -0.2) is 30.2 Å². The van der Waals surface area contributed by atoms with Gasteiger partial charge in [0.25, 0.3) is 0 Å². The number of aryl methyl sites for hydroxylation is 2. The molecule has 0 saturated heterocycles. The Labute approximate surface area is 108 Å². The third kappa shape index (κ3) is 2.26. The summed E-state index contributed by atoms with van der Waals surface area (Å²) in [6, 6.07) is 0. The molecule has 0 amide bonds. The van der Waals surface area contributed by atoms with Crippen molar-refractivity contribution in [2.75, 3.05) is 0 Å². The summed E-state index contributed by atoms with van der Waals surface area (Å²) in [6.07, 6.45) is 0.759. The Bertz CT molecular complexity index is 588. The minimum Gasteiger partial charge on any atom is -0.481 e. The molecule has 0 fully saturated rings. The predicted molar refractivity (Wildman–Crippen MR) is 67.2 cm³/mol. The molecule has 18 heavy (non-hydrogen) atoms. The van der Waals surface area contributed by atoms with Crippen LogP contribution in [0, 0.1) is 13.8 Å². The van der Waals surface area contributed by atoms with E-state index < -0.39 is 5.97 Å². The average Bonchev–Trinajstić information content (AvgIpc) is 2.88. The smallest absolute Gasteiger partial charge is 0.307 e. The van der Waals surface area contributed by atoms with E-state index in [4.69, 9.17) is 5.11 Å². The van der Waals surface area contributed by atoms with Crippen LogP contribution in [0.25, 0.3) is 5.13 Å². The van der Waals surface area contributed by atoms with Crippen LogP contribution in [-0.2, 0) is 17.6 Å². The summed E-state index contributed by atoms with van der Waals surface area (Å²) in [5.41, 5.74) is 2.28. The largest absolute Gasteiger partial charge is 0.481 e. The van der Waals surface area contributed by atoms with Crippen LogP contribution >= 0.6 is 11.5 Å². The standard InChI is InChI=1S/C11H14N4O2S/c1-4-9-12-11(18-14-9)15-7(3)8(5-10(16)17)6(2)13-15/h4-5H2,1-3H3,(H,16,17). The van der Waals surface area contributed by atoms with Gasteiger partial charge in [0.2, 0.25) is 5.13 Å². The van der Waals surface area contributed by atoms with E-state index >= 15 is 0 Å². The molecule has 96 valence electrons. The first-order chi connectivity index (χ1) is 8.52. The highest BCUT2D eigenvalue weighted by Crippen LogP contribution is 2.19. The number of nitrogens with zero attached hydrogens (tertiary/aromatic N) is 4. The van der Waals surface area contributed by atoms with Gasteiger partial charge in [0.05, 0.1) is 12.1 Å². The minimum atomic E-state index is -0.854. The summed E-state index contributed by atoms with van der Waals surface area (Å²) < 4.78 is 5.88. The lowest BCUT2D eigenvalue weighted by molar-refractivity contribution is -0.136. The lowest BCUT2D eigenvalue weighted by Gasteiger charge is -1.99. The molecule has 2 heterocycles. The van der Waals surface area contributed by atoms with Crippen molar-refractivity contribution in [3.05, 3.63) is 22.8 Å². The van der Waals surface area contributed by atoms with Gasteiger partial charge in [-0.3, -0.25) is 4.79 Å². The van der Waals surface area contributed by atoms with Crippen molar-refractivity contribution in [1.29, 1.82) is 0 Å². The second-order valence-corrected chi connectivity index (χ2v) is 4.71. The predicted octanol–water partition coefficient (Wildman–Crippen LogP) is 1.53. The van der Waals surface area contributed by atoms with Gasteiger partial charge >= 0.3 is 5.97 Å². The second-order valence-electron chi connectivity index (χ2n) is 3.98. The van der Waals surface area contributed by atoms with E-state index in [1.807, 2.05) is 20.8 Å². The van der Waals surface area contributed by atoms with Gasteiger partial charge < -0.3 is 5.11 Å². The summed E-state index contributed by atoms with van der Waals surface area (Å²) in [7, 11) is 0. The number of aromatic nitrogens is 4. The molecule has 0 saturated carbocycles. The van der Waals surface area contributed by atoms with E-state index in [0.29, 0.717) is 5.13 Å². The third-order valence-electron chi connectivity index (χ3n) is 2.72. The van der Waals surface area contributed by atoms with Crippen LogP contribution in [0.4, 0.5) is 0 Å². The molecule has 0 atom stereocenters. The highest BCUT2D eigenvalue weighted by Gasteiger charge is 2.17. The van der Waals surface area contributed by atoms with Crippen molar-refractivity contribution in [3.8, 4) is 5.13 Å². The maximum atomic E-state index is 10.8. The van der Waals surface area contributed by atoms with Gasteiger partial charge in [-0.25, -0.2) is 9.67 Å². The molecule has 1 N–H and O–H groups in total. The SMILES string of the molecule is CCc1nsc(-n2nc(C)c(CC(=O)O)c2C)n1. The van der Waals surface area contributed by atoms with Crippen LogP contribution in [0.3, 0.4) is 0 Å².